The van der Waals surface area contributed by atoms with E-state index in [4.69, 9.17) is 0 Å². The molecule has 0 aliphatic heterocycles. The Labute approximate surface area is 126 Å². The van der Waals surface area contributed by atoms with Crippen LogP contribution >= 0.6 is 0 Å². The van der Waals surface area contributed by atoms with Crippen molar-refractivity contribution < 1.29 is 16.8 Å². The number of anilines is 1. The zero-order valence-corrected chi connectivity index (χ0v) is 14.0. The van der Waals surface area contributed by atoms with Gasteiger partial charge < -0.3 is 0 Å². The standard InChI is InChI=1S/C12H21N3O4S2/c1-4-5-10-13-20(16,17)12-8-6-11(7-9-12)14-21(18,19)15(2)3/h6-9,13-14H,4-5,10H2,1-3H3. The monoisotopic (exact) mass is 335 g/mol. The predicted octanol–water partition coefficient (Wildman–Crippen LogP) is 0.983. The molecule has 0 aliphatic carbocycles. The van der Waals surface area contributed by atoms with Crippen molar-refractivity contribution in [3.63, 3.8) is 0 Å². The molecule has 0 saturated carbocycles. The van der Waals surface area contributed by atoms with Gasteiger partial charge in [-0.2, -0.15) is 12.7 Å². The average molecular weight is 335 g/mol. The van der Waals surface area contributed by atoms with Gasteiger partial charge in [0.15, 0.2) is 0 Å². The molecule has 7 nitrogen and oxygen atoms in total. The van der Waals surface area contributed by atoms with E-state index in [2.05, 4.69) is 9.44 Å². The van der Waals surface area contributed by atoms with Crippen LogP contribution in [0.3, 0.4) is 0 Å². The lowest BCUT2D eigenvalue weighted by Crippen LogP contribution is -2.29. The molecule has 0 spiro atoms. The van der Waals surface area contributed by atoms with Crippen molar-refractivity contribution >= 4 is 25.9 Å². The van der Waals surface area contributed by atoms with E-state index in [0.717, 1.165) is 17.1 Å². The molecule has 9 heteroatoms. The molecule has 0 radical (unpaired) electrons. The summed E-state index contributed by atoms with van der Waals surface area (Å²) in [6, 6.07) is 5.55. The lowest BCUT2D eigenvalue weighted by Gasteiger charge is -2.13. The maximum atomic E-state index is 12.0. The van der Waals surface area contributed by atoms with Crippen molar-refractivity contribution in [2.75, 3.05) is 25.4 Å². The number of hydrogen-bond donors (Lipinski definition) is 2. The van der Waals surface area contributed by atoms with Crippen molar-refractivity contribution in [3.8, 4) is 0 Å². The second-order valence-corrected chi connectivity index (χ2v) is 8.32. The molecule has 0 aromatic heterocycles. The van der Waals surface area contributed by atoms with Crippen LogP contribution in [0.4, 0.5) is 5.69 Å². The molecule has 120 valence electrons. The first-order valence-corrected chi connectivity index (χ1v) is 9.41. The molecule has 0 aliphatic rings. The van der Waals surface area contributed by atoms with Gasteiger partial charge in [0.25, 0.3) is 0 Å². The molecule has 0 saturated heterocycles. The first-order chi connectivity index (χ1) is 9.69. The maximum absolute atomic E-state index is 12.0. The Bertz CT molecular complexity index is 652. The Morgan fingerprint density at radius 2 is 1.62 bits per heavy atom. The minimum Gasteiger partial charge on any atom is -0.271 e. The van der Waals surface area contributed by atoms with E-state index < -0.39 is 20.2 Å². The van der Waals surface area contributed by atoms with Crippen LogP contribution in [0.2, 0.25) is 0 Å². The van der Waals surface area contributed by atoms with Crippen LogP contribution in [0.1, 0.15) is 19.8 Å². The van der Waals surface area contributed by atoms with Gasteiger partial charge in [-0.15, -0.1) is 0 Å². The van der Waals surface area contributed by atoms with Crippen LogP contribution in [-0.4, -0.2) is 41.8 Å². The lowest BCUT2D eigenvalue weighted by atomic mass is 10.3. The topological polar surface area (TPSA) is 95.6 Å². The van der Waals surface area contributed by atoms with Crippen LogP contribution in [0.5, 0.6) is 0 Å². The van der Waals surface area contributed by atoms with E-state index in [1.54, 1.807) is 0 Å². The third-order valence-corrected chi connectivity index (χ3v) is 5.65. The summed E-state index contributed by atoms with van der Waals surface area (Å²) in [4.78, 5) is 0.103. The highest BCUT2D eigenvalue weighted by molar-refractivity contribution is 7.90. The van der Waals surface area contributed by atoms with E-state index in [-0.39, 0.29) is 4.90 Å². The van der Waals surface area contributed by atoms with Crippen molar-refractivity contribution in [1.82, 2.24) is 9.03 Å². The van der Waals surface area contributed by atoms with Crippen LogP contribution in [0.15, 0.2) is 29.2 Å². The summed E-state index contributed by atoms with van der Waals surface area (Å²) >= 11 is 0. The first-order valence-electron chi connectivity index (χ1n) is 6.49. The highest BCUT2D eigenvalue weighted by atomic mass is 32.2. The predicted molar refractivity (Wildman–Crippen MR) is 82.8 cm³/mol. The molecule has 0 unspecified atom stereocenters. The third kappa shape index (κ3) is 5.27. The molecule has 1 rings (SSSR count). The van der Waals surface area contributed by atoms with Gasteiger partial charge in [-0.25, -0.2) is 13.1 Å². The number of benzene rings is 1. The number of nitrogens with zero attached hydrogens (tertiary/aromatic N) is 1. The smallest absolute Gasteiger partial charge is 0.271 e. The van der Waals surface area contributed by atoms with Crippen molar-refractivity contribution in [1.29, 1.82) is 0 Å². The normalized spacial score (nSPS) is 12.6. The minimum atomic E-state index is -3.60. The van der Waals surface area contributed by atoms with E-state index in [0.29, 0.717) is 12.2 Å². The van der Waals surface area contributed by atoms with Crippen LogP contribution in [0.25, 0.3) is 0 Å². The third-order valence-electron chi connectivity index (χ3n) is 2.71. The summed E-state index contributed by atoms with van der Waals surface area (Å²) in [5.41, 5.74) is 0.302. The van der Waals surface area contributed by atoms with Gasteiger partial charge in [0.2, 0.25) is 10.0 Å². The molecule has 1 aromatic carbocycles. The number of unbranched alkanes of at least 4 members (excludes halogenated alkanes) is 1. The van der Waals surface area contributed by atoms with Gasteiger partial charge in [0.05, 0.1) is 4.90 Å². The van der Waals surface area contributed by atoms with Crippen molar-refractivity contribution in [3.05, 3.63) is 24.3 Å². The SMILES string of the molecule is CCCCNS(=O)(=O)c1ccc(NS(=O)(=O)N(C)C)cc1. The van der Waals surface area contributed by atoms with E-state index >= 15 is 0 Å². The molecule has 21 heavy (non-hydrogen) atoms. The van der Waals surface area contributed by atoms with Gasteiger partial charge in [0.1, 0.15) is 0 Å². The molecule has 0 amide bonds. The molecular weight excluding hydrogens is 314 g/mol. The van der Waals surface area contributed by atoms with Crippen LogP contribution in [-0.2, 0) is 20.2 Å². The van der Waals surface area contributed by atoms with Crippen molar-refractivity contribution in [2.24, 2.45) is 0 Å². The molecular formula is C12H21N3O4S2. The van der Waals surface area contributed by atoms with Gasteiger partial charge >= 0.3 is 10.2 Å². The Kier molecular flexibility index (Phi) is 6.14. The molecule has 1 aromatic rings. The number of hydrogen-bond acceptors (Lipinski definition) is 4. The zero-order valence-electron chi connectivity index (χ0n) is 12.3. The fraction of sp³-hybridized carbons (Fsp3) is 0.500. The fourth-order valence-corrected chi connectivity index (χ4v) is 3.10. The summed E-state index contributed by atoms with van der Waals surface area (Å²) in [5.74, 6) is 0. The molecule has 0 atom stereocenters. The summed E-state index contributed by atoms with van der Waals surface area (Å²) < 4.78 is 53.0. The quantitative estimate of drug-likeness (QED) is 0.692. The lowest BCUT2D eigenvalue weighted by molar-refractivity contribution is 0.527. The van der Waals surface area contributed by atoms with E-state index in [1.807, 2.05) is 6.92 Å². The van der Waals surface area contributed by atoms with Gasteiger partial charge in [-0.05, 0) is 30.7 Å². The molecule has 0 bridgehead atoms. The highest BCUT2D eigenvalue weighted by Gasteiger charge is 2.15. The van der Waals surface area contributed by atoms with E-state index in [9.17, 15) is 16.8 Å². The minimum absolute atomic E-state index is 0.103. The van der Waals surface area contributed by atoms with Crippen LogP contribution < -0.4 is 9.44 Å². The Morgan fingerprint density at radius 1 is 1.05 bits per heavy atom. The second kappa shape index (κ2) is 7.21. The van der Waals surface area contributed by atoms with Gasteiger partial charge in [0, 0.05) is 26.3 Å². The number of nitrogens with one attached hydrogen (secondary N) is 2. The molecule has 0 fully saturated rings. The van der Waals surface area contributed by atoms with Gasteiger partial charge in [-0.1, -0.05) is 13.3 Å². The van der Waals surface area contributed by atoms with Crippen molar-refractivity contribution in [2.45, 2.75) is 24.7 Å². The summed E-state index contributed by atoms with van der Waals surface area (Å²) in [6.07, 6.45) is 1.66. The highest BCUT2D eigenvalue weighted by Crippen LogP contribution is 2.15. The Hall–Kier alpha value is -1.16. The maximum Gasteiger partial charge on any atom is 0.301 e. The molecule has 0 heterocycles. The first kappa shape index (κ1) is 17.9. The average Bonchev–Trinajstić information content (AvgIpc) is 2.39. The summed E-state index contributed by atoms with van der Waals surface area (Å²) in [7, 11) is -4.34. The second-order valence-electron chi connectivity index (χ2n) is 4.67. The Balaban J connectivity index is 2.83. The summed E-state index contributed by atoms with van der Waals surface area (Å²) in [5, 5.41) is 0. The zero-order chi connectivity index (χ0) is 16.1. The Morgan fingerprint density at radius 3 is 2.10 bits per heavy atom. The molecule has 2 N–H and O–H groups in total. The number of rotatable bonds is 8. The summed E-state index contributed by atoms with van der Waals surface area (Å²) in [6.45, 7) is 2.35. The van der Waals surface area contributed by atoms with E-state index in [1.165, 1.54) is 38.4 Å². The largest absolute Gasteiger partial charge is 0.301 e. The van der Waals surface area contributed by atoms with Gasteiger partial charge in [-0.3, -0.25) is 4.72 Å². The van der Waals surface area contributed by atoms with Crippen LogP contribution in [0, 0.1) is 0 Å². The fourth-order valence-electron chi connectivity index (χ4n) is 1.41. The number of sulfonamides is 1.